The van der Waals surface area contributed by atoms with Gasteiger partial charge in [0.1, 0.15) is 0 Å². The van der Waals surface area contributed by atoms with Crippen LogP contribution in [-0.2, 0) is 0 Å². The van der Waals surface area contributed by atoms with Gasteiger partial charge in [0.05, 0.1) is 0 Å². The van der Waals surface area contributed by atoms with Crippen molar-refractivity contribution in [1.82, 2.24) is 0 Å². The molecule has 16 heavy (non-hydrogen) atoms. The zero-order valence-corrected chi connectivity index (χ0v) is 9.93. The van der Waals surface area contributed by atoms with Gasteiger partial charge in [0.2, 0.25) is 0 Å². The van der Waals surface area contributed by atoms with Gasteiger partial charge in [-0.3, -0.25) is 0 Å². The summed E-state index contributed by atoms with van der Waals surface area (Å²) < 4.78 is 0. The van der Waals surface area contributed by atoms with Crippen molar-refractivity contribution in [3.63, 3.8) is 0 Å². The summed E-state index contributed by atoms with van der Waals surface area (Å²) in [6.45, 7) is 6.00. The lowest BCUT2D eigenvalue weighted by Crippen LogP contribution is -1.67. The van der Waals surface area contributed by atoms with Crippen molar-refractivity contribution in [1.29, 1.82) is 0 Å². The second kappa shape index (κ2) is 13.4. The second-order valence-electron chi connectivity index (χ2n) is 2.35. The topological polar surface area (TPSA) is 40.5 Å². The molecule has 88 valence electrons. The van der Waals surface area contributed by atoms with E-state index in [1.807, 2.05) is 0 Å². The van der Waals surface area contributed by atoms with Gasteiger partial charge < -0.3 is 10.2 Å². The maximum Gasteiger partial charge on any atom is 0.0319 e. The van der Waals surface area contributed by atoms with Crippen LogP contribution in [0.25, 0.3) is 10.8 Å². The summed E-state index contributed by atoms with van der Waals surface area (Å²) in [6.07, 6.45) is 0. The van der Waals surface area contributed by atoms with E-state index < -0.39 is 0 Å². The monoisotopic (exact) mass is 220 g/mol. The minimum absolute atomic E-state index is 1.00. The molecule has 0 unspecified atom stereocenters. The highest BCUT2D eigenvalue weighted by Gasteiger charge is 1.85. The Balaban J connectivity index is 0. The first kappa shape index (κ1) is 16.8. The Morgan fingerprint density at radius 1 is 0.625 bits per heavy atom. The SMILES string of the molecule is C=C.CO.CO.c1ccc2ccccc2c1. The molecule has 0 heterocycles. The van der Waals surface area contributed by atoms with Crippen LogP contribution in [0.1, 0.15) is 0 Å². The fraction of sp³-hybridized carbons (Fsp3) is 0.143. The number of aliphatic hydroxyl groups excluding tert-OH is 2. The summed E-state index contributed by atoms with van der Waals surface area (Å²) in [5, 5.41) is 16.6. The minimum Gasteiger partial charge on any atom is -0.400 e. The summed E-state index contributed by atoms with van der Waals surface area (Å²) in [5.74, 6) is 0. The van der Waals surface area contributed by atoms with Gasteiger partial charge in [0, 0.05) is 14.2 Å². The molecule has 0 bridgehead atoms. The van der Waals surface area contributed by atoms with Crippen LogP contribution in [0, 0.1) is 0 Å². The van der Waals surface area contributed by atoms with E-state index in [0.717, 1.165) is 14.2 Å². The van der Waals surface area contributed by atoms with E-state index in [1.165, 1.54) is 10.8 Å². The van der Waals surface area contributed by atoms with Gasteiger partial charge >= 0.3 is 0 Å². The molecule has 0 amide bonds. The predicted molar refractivity (Wildman–Crippen MR) is 71.5 cm³/mol. The molecule has 0 aliphatic carbocycles. The molecule has 2 nitrogen and oxygen atoms in total. The molecule has 0 aliphatic heterocycles. The second-order valence-corrected chi connectivity index (χ2v) is 2.35. The Morgan fingerprint density at radius 3 is 1.00 bits per heavy atom. The summed E-state index contributed by atoms with van der Waals surface area (Å²) in [5.41, 5.74) is 0. The molecule has 0 aromatic heterocycles. The standard InChI is InChI=1S/C10H8.C2H4.2CH4O/c1-2-6-10-8-4-3-7-9(10)5-1;3*1-2/h1-8H;1-2H2;2*2H,1H3. The number of fused-ring (bicyclic) bond motifs is 1. The lowest BCUT2D eigenvalue weighted by atomic mass is 10.1. The molecule has 0 aliphatic rings. The van der Waals surface area contributed by atoms with Gasteiger partial charge in [-0.15, -0.1) is 13.2 Å². The smallest absolute Gasteiger partial charge is 0.0319 e. The lowest BCUT2D eigenvalue weighted by Gasteiger charge is -1.92. The summed E-state index contributed by atoms with van der Waals surface area (Å²) in [4.78, 5) is 0. The molecule has 0 saturated heterocycles. The van der Waals surface area contributed by atoms with E-state index in [2.05, 4.69) is 61.7 Å². The van der Waals surface area contributed by atoms with Crippen molar-refractivity contribution in [3.05, 3.63) is 61.7 Å². The van der Waals surface area contributed by atoms with E-state index >= 15 is 0 Å². The van der Waals surface area contributed by atoms with E-state index in [9.17, 15) is 0 Å². The lowest BCUT2D eigenvalue weighted by molar-refractivity contribution is 0.399. The molecule has 0 spiro atoms. The molecule has 0 saturated carbocycles. The first-order valence-corrected chi connectivity index (χ1v) is 4.80. The molecule has 0 fully saturated rings. The predicted octanol–water partition coefficient (Wildman–Crippen LogP) is 2.86. The van der Waals surface area contributed by atoms with Gasteiger partial charge in [-0.05, 0) is 10.8 Å². The Hall–Kier alpha value is -1.64. The fourth-order valence-corrected chi connectivity index (χ4v) is 1.13. The molecule has 2 aromatic carbocycles. The van der Waals surface area contributed by atoms with Crippen LogP contribution in [0.4, 0.5) is 0 Å². The van der Waals surface area contributed by atoms with Crippen LogP contribution in [0.15, 0.2) is 61.7 Å². The Morgan fingerprint density at radius 2 is 0.812 bits per heavy atom. The first-order valence-electron chi connectivity index (χ1n) is 4.80. The molecule has 2 heteroatoms. The number of hydrogen-bond donors (Lipinski definition) is 2. The van der Waals surface area contributed by atoms with Crippen LogP contribution in [0.3, 0.4) is 0 Å². The van der Waals surface area contributed by atoms with Gasteiger partial charge in [-0.1, -0.05) is 48.5 Å². The highest BCUT2D eigenvalue weighted by Crippen LogP contribution is 2.11. The Bertz CT molecular complexity index is 293. The van der Waals surface area contributed by atoms with E-state index in [4.69, 9.17) is 10.2 Å². The van der Waals surface area contributed by atoms with Crippen LogP contribution in [0.5, 0.6) is 0 Å². The quantitative estimate of drug-likeness (QED) is 0.670. The number of rotatable bonds is 0. The van der Waals surface area contributed by atoms with Crippen LogP contribution in [0.2, 0.25) is 0 Å². The molecule has 0 radical (unpaired) electrons. The third kappa shape index (κ3) is 5.96. The average Bonchev–Trinajstić information content (AvgIpc) is 2.45. The van der Waals surface area contributed by atoms with Crippen molar-refractivity contribution in [2.45, 2.75) is 0 Å². The Labute approximate surface area is 97.5 Å². The highest BCUT2D eigenvalue weighted by molar-refractivity contribution is 5.81. The third-order valence-corrected chi connectivity index (χ3v) is 1.66. The molecule has 0 atom stereocenters. The average molecular weight is 220 g/mol. The van der Waals surface area contributed by atoms with Crippen LogP contribution >= 0.6 is 0 Å². The maximum absolute atomic E-state index is 7.00. The normalized spacial score (nSPS) is 7.25. The highest BCUT2D eigenvalue weighted by atomic mass is 16.2. The summed E-state index contributed by atoms with van der Waals surface area (Å²) in [7, 11) is 2.00. The van der Waals surface area contributed by atoms with Gasteiger partial charge in [-0.25, -0.2) is 0 Å². The minimum atomic E-state index is 1.00. The van der Waals surface area contributed by atoms with Gasteiger partial charge in [0.25, 0.3) is 0 Å². The third-order valence-electron chi connectivity index (χ3n) is 1.66. The molecular weight excluding hydrogens is 200 g/mol. The van der Waals surface area contributed by atoms with E-state index in [1.54, 1.807) is 0 Å². The number of benzene rings is 2. The summed E-state index contributed by atoms with van der Waals surface area (Å²) >= 11 is 0. The molecule has 2 aromatic rings. The van der Waals surface area contributed by atoms with E-state index in [0.29, 0.717) is 0 Å². The number of aliphatic hydroxyl groups is 2. The van der Waals surface area contributed by atoms with Crippen molar-refractivity contribution in [2.24, 2.45) is 0 Å². The van der Waals surface area contributed by atoms with E-state index in [-0.39, 0.29) is 0 Å². The van der Waals surface area contributed by atoms with Crippen LogP contribution < -0.4 is 0 Å². The summed E-state index contributed by atoms with van der Waals surface area (Å²) in [6, 6.07) is 16.7. The van der Waals surface area contributed by atoms with Crippen molar-refractivity contribution in [3.8, 4) is 0 Å². The number of hydrogen-bond acceptors (Lipinski definition) is 2. The van der Waals surface area contributed by atoms with Crippen molar-refractivity contribution in [2.75, 3.05) is 14.2 Å². The fourth-order valence-electron chi connectivity index (χ4n) is 1.13. The zero-order chi connectivity index (χ0) is 12.8. The van der Waals surface area contributed by atoms with Crippen molar-refractivity contribution >= 4 is 10.8 Å². The first-order chi connectivity index (χ1) is 7.97. The maximum atomic E-state index is 7.00. The van der Waals surface area contributed by atoms with Crippen LogP contribution in [-0.4, -0.2) is 24.4 Å². The Kier molecular flexibility index (Phi) is 14.0. The molecule has 2 rings (SSSR count). The van der Waals surface area contributed by atoms with Gasteiger partial charge in [0.15, 0.2) is 0 Å². The molecular formula is C14H20O2. The van der Waals surface area contributed by atoms with Gasteiger partial charge in [-0.2, -0.15) is 0 Å². The van der Waals surface area contributed by atoms with Crippen molar-refractivity contribution < 1.29 is 10.2 Å². The molecule has 2 N–H and O–H groups in total. The largest absolute Gasteiger partial charge is 0.400 e. The zero-order valence-electron chi connectivity index (χ0n) is 9.93.